The Hall–Kier alpha value is -3.48. The van der Waals surface area contributed by atoms with E-state index < -0.39 is 10.7 Å². The minimum Gasteiger partial charge on any atom is -0.322 e. The van der Waals surface area contributed by atoms with E-state index in [9.17, 15) is 19.7 Å². The minimum atomic E-state index is -0.645. The third-order valence-electron chi connectivity index (χ3n) is 4.12. The van der Waals surface area contributed by atoms with Crippen LogP contribution in [0.3, 0.4) is 0 Å². The van der Waals surface area contributed by atoms with Gasteiger partial charge in [-0.15, -0.1) is 0 Å². The number of rotatable bonds is 6. The minimum absolute atomic E-state index is 0.0394. The van der Waals surface area contributed by atoms with Crippen molar-refractivity contribution in [3.8, 4) is 0 Å². The highest BCUT2D eigenvalue weighted by Crippen LogP contribution is 2.25. The van der Waals surface area contributed by atoms with Crippen molar-refractivity contribution in [3.05, 3.63) is 110 Å². The van der Waals surface area contributed by atoms with Crippen molar-refractivity contribution in [3.63, 3.8) is 0 Å². The van der Waals surface area contributed by atoms with Crippen molar-refractivity contribution in [2.45, 2.75) is 0 Å². The van der Waals surface area contributed by atoms with Gasteiger partial charge in [-0.1, -0.05) is 53.5 Å². The standard InChI is InChI=1S/C22H14Cl2N2O4/c23-18-7-2-1-6-17(18)22(28)25-16-5-3-4-14(12-16)8-11-21(27)15-9-10-19(24)20(13-15)26(29)30/h1-13H,(H,25,28)/b11-8+. The van der Waals surface area contributed by atoms with Gasteiger partial charge in [-0.3, -0.25) is 19.7 Å². The van der Waals surface area contributed by atoms with Crippen molar-refractivity contribution >= 4 is 52.3 Å². The van der Waals surface area contributed by atoms with Gasteiger partial charge < -0.3 is 5.32 Å². The van der Waals surface area contributed by atoms with E-state index in [1.54, 1.807) is 54.6 Å². The summed E-state index contributed by atoms with van der Waals surface area (Å²) in [5.41, 5.74) is 1.34. The average Bonchev–Trinajstić information content (AvgIpc) is 2.72. The molecule has 1 N–H and O–H groups in total. The number of hydrogen-bond acceptors (Lipinski definition) is 4. The van der Waals surface area contributed by atoms with Crippen molar-refractivity contribution in [1.29, 1.82) is 0 Å². The van der Waals surface area contributed by atoms with Crippen LogP contribution >= 0.6 is 23.2 Å². The highest BCUT2D eigenvalue weighted by molar-refractivity contribution is 6.34. The van der Waals surface area contributed by atoms with E-state index in [-0.39, 0.29) is 22.2 Å². The summed E-state index contributed by atoms with van der Waals surface area (Å²) in [5.74, 6) is -0.772. The lowest BCUT2D eigenvalue weighted by atomic mass is 10.1. The molecule has 0 saturated heterocycles. The number of halogens is 2. The number of carbonyl (C=O) groups excluding carboxylic acids is 2. The lowest BCUT2D eigenvalue weighted by molar-refractivity contribution is -0.384. The monoisotopic (exact) mass is 440 g/mol. The van der Waals surface area contributed by atoms with Gasteiger partial charge in [-0.05, 0) is 48.0 Å². The number of ketones is 1. The maximum Gasteiger partial charge on any atom is 0.288 e. The molecule has 3 rings (SSSR count). The maximum absolute atomic E-state index is 12.4. The molecule has 30 heavy (non-hydrogen) atoms. The molecule has 0 heterocycles. The van der Waals surface area contributed by atoms with Crippen LogP contribution in [-0.2, 0) is 0 Å². The molecular weight excluding hydrogens is 427 g/mol. The van der Waals surface area contributed by atoms with Crippen LogP contribution in [0.4, 0.5) is 11.4 Å². The first-order valence-electron chi connectivity index (χ1n) is 8.67. The van der Waals surface area contributed by atoms with E-state index in [1.165, 1.54) is 18.2 Å². The average molecular weight is 441 g/mol. The predicted octanol–water partition coefficient (Wildman–Crippen LogP) is 6.05. The topological polar surface area (TPSA) is 89.3 Å². The van der Waals surface area contributed by atoms with Crippen molar-refractivity contribution in [1.82, 2.24) is 0 Å². The van der Waals surface area contributed by atoms with E-state index in [0.717, 1.165) is 6.07 Å². The Morgan fingerprint density at radius 3 is 2.43 bits per heavy atom. The number of nitro groups is 1. The van der Waals surface area contributed by atoms with Crippen LogP contribution in [-0.4, -0.2) is 16.6 Å². The Kier molecular flexibility index (Phi) is 6.61. The fraction of sp³-hybridized carbons (Fsp3) is 0. The Morgan fingerprint density at radius 2 is 1.70 bits per heavy atom. The van der Waals surface area contributed by atoms with Gasteiger partial charge in [-0.25, -0.2) is 0 Å². The highest BCUT2D eigenvalue weighted by atomic mass is 35.5. The van der Waals surface area contributed by atoms with Crippen LogP contribution in [0, 0.1) is 10.1 Å². The fourth-order valence-electron chi connectivity index (χ4n) is 2.64. The number of carbonyl (C=O) groups is 2. The first kappa shape index (κ1) is 21.2. The lowest BCUT2D eigenvalue weighted by Crippen LogP contribution is -2.12. The van der Waals surface area contributed by atoms with Crippen LogP contribution < -0.4 is 5.32 Å². The summed E-state index contributed by atoms with van der Waals surface area (Å²) in [6, 6.07) is 17.4. The molecule has 0 radical (unpaired) electrons. The van der Waals surface area contributed by atoms with Crippen LogP contribution in [0.2, 0.25) is 10.0 Å². The number of nitrogens with zero attached hydrogens (tertiary/aromatic N) is 1. The van der Waals surface area contributed by atoms with Crippen molar-refractivity contribution in [2.75, 3.05) is 5.32 Å². The Labute approximate surface area is 181 Å². The number of nitro benzene ring substituents is 1. The molecule has 3 aromatic carbocycles. The van der Waals surface area contributed by atoms with E-state index >= 15 is 0 Å². The molecule has 0 aromatic heterocycles. The summed E-state index contributed by atoms with van der Waals surface area (Å²) in [4.78, 5) is 35.1. The molecule has 0 bridgehead atoms. The second kappa shape index (κ2) is 9.35. The van der Waals surface area contributed by atoms with E-state index in [1.807, 2.05) is 0 Å². The molecule has 0 unspecified atom stereocenters. The van der Waals surface area contributed by atoms with Gasteiger partial charge in [0.2, 0.25) is 0 Å². The van der Waals surface area contributed by atoms with Gasteiger partial charge in [0.15, 0.2) is 5.78 Å². The SMILES string of the molecule is O=C(/C=C/c1cccc(NC(=O)c2ccccc2Cl)c1)c1ccc(Cl)c([N+](=O)[O-])c1. The van der Waals surface area contributed by atoms with Crippen LogP contribution in [0.15, 0.2) is 72.8 Å². The number of nitrogens with one attached hydrogen (secondary N) is 1. The molecule has 0 aliphatic carbocycles. The van der Waals surface area contributed by atoms with Gasteiger partial charge in [0, 0.05) is 17.3 Å². The van der Waals surface area contributed by atoms with Gasteiger partial charge in [0.25, 0.3) is 11.6 Å². The Morgan fingerprint density at radius 1 is 0.933 bits per heavy atom. The fourth-order valence-corrected chi connectivity index (χ4v) is 3.05. The van der Waals surface area contributed by atoms with Crippen LogP contribution in [0.1, 0.15) is 26.3 Å². The highest BCUT2D eigenvalue weighted by Gasteiger charge is 2.15. The van der Waals surface area contributed by atoms with E-state index in [2.05, 4.69) is 5.32 Å². The molecular formula is C22H14Cl2N2O4. The quantitative estimate of drug-likeness (QED) is 0.218. The summed E-state index contributed by atoms with van der Waals surface area (Å²) >= 11 is 11.8. The third kappa shape index (κ3) is 5.11. The zero-order chi connectivity index (χ0) is 21.7. The lowest BCUT2D eigenvalue weighted by Gasteiger charge is -2.07. The second-order valence-corrected chi connectivity index (χ2v) is 6.99. The zero-order valence-corrected chi connectivity index (χ0v) is 16.9. The largest absolute Gasteiger partial charge is 0.322 e. The maximum atomic E-state index is 12.4. The number of anilines is 1. The molecule has 3 aromatic rings. The summed E-state index contributed by atoms with van der Waals surface area (Å²) in [5, 5.41) is 14.0. The second-order valence-electron chi connectivity index (χ2n) is 6.18. The number of hydrogen-bond donors (Lipinski definition) is 1. The van der Waals surface area contributed by atoms with Crippen LogP contribution in [0.25, 0.3) is 6.08 Å². The van der Waals surface area contributed by atoms with Crippen LogP contribution in [0.5, 0.6) is 0 Å². The molecule has 6 nitrogen and oxygen atoms in total. The van der Waals surface area contributed by atoms with E-state index in [4.69, 9.17) is 23.2 Å². The Balaban J connectivity index is 1.75. The third-order valence-corrected chi connectivity index (χ3v) is 4.77. The summed E-state index contributed by atoms with van der Waals surface area (Å²) in [6.07, 6.45) is 2.84. The van der Waals surface area contributed by atoms with E-state index in [0.29, 0.717) is 21.8 Å². The summed E-state index contributed by atoms with van der Waals surface area (Å²) in [7, 11) is 0. The first-order valence-corrected chi connectivity index (χ1v) is 9.43. The Bertz CT molecular complexity index is 1180. The zero-order valence-electron chi connectivity index (χ0n) is 15.3. The van der Waals surface area contributed by atoms with Crippen molar-refractivity contribution < 1.29 is 14.5 Å². The molecule has 0 saturated carbocycles. The van der Waals surface area contributed by atoms with Gasteiger partial charge in [0.05, 0.1) is 15.5 Å². The first-order chi connectivity index (χ1) is 14.3. The predicted molar refractivity (Wildman–Crippen MR) is 117 cm³/mol. The van der Waals surface area contributed by atoms with Gasteiger partial charge >= 0.3 is 0 Å². The molecule has 150 valence electrons. The van der Waals surface area contributed by atoms with Gasteiger partial charge in [0.1, 0.15) is 5.02 Å². The van der Waals surface area contributed by atoms with Crippen molar-refractivity contribution in [2.24, 2.45) is 0 Å². The molecule has 8 heteroatoms. The number of amides is 1. The molecule has 0 aliphatic heterocycles. The van der Waals surface area contributed by atoms with Gasteiger partial charge in [-0.2, -0.15) is 0 Å². The molecule has 0 aliphatic rings. The molecule has 1 amide bonds. The molecule has 0 atom stereocenters. The molecule has 0 spiro atoms. The smallest absolute Gasteiger partial charge is 0.288 e. The summed E-state index contributed by atoms with van der Waals surface area (Å²) < 4.78 is 0. The summed E-state index contributed by atoms with van der Waals surface area (Å²) in [6.45, 7) is 0. The number of benzene rings is 3. The molecule has 0 fully saturated rings. The normalized spacial score (nSPS) is 10.7. The number of allylic oxidation sites excluding steroid dienone is 1.